The summed E-state index contributed by atoms with van der Waals surface area (Å²) in [6.07, 6.45) is 0.771. The Morgan fingerprint density at radius 1 is 0.623 bits per heavy atom. The van der Waals surface area contributed by atoms with E-state index in [1.807, 2.05) is 0 Å². The van der Waals surface area contributed by atoms with Crippen LogP contribution in [0.4, 0.5) is 0 Å². The molecule has 1 rings (SSSR count). The molecule has 0 bridgehead atoms. The highest BCUT2D eigenvalue weighted by Crippen LogP contribution is 2.42. The number of hydrogen-bond donors (Lipinski definition) is 6. The highest BCUT2D eigenvalue weighted by atomic mass is 31.2. The van der Waals surface area contributed by atoms with Crippen molar-refractivity contribution < 1.29 is 66.4 Å². The molecule has 0 aliphatic heterocycles. The molecular formula is C33H62N5O14P. The zero-order valence-electron chi connectivity index (χ0n) is 31.7. The van der Waals surface area contributed by atoms with E-state index in [1.54, 1.807) is 21.3 Å². The molecule has 3 unspecified atom stereocenters. The summed E-state index contributed by atoms with van der Waals surface area (Å²) in [7, 11) is 0.969. The number of nitrogens with one attached hydrogen (secondary N) is 5. The van der Waals surface area contributed by atoms with E-state index in [4.69, 9.17) is 32.9 Å². The van der Waals surface area contributed by atoms with Gasteiger partial charge in [-0.3, -0.25) is 28.5 Å². The second-order valence-electron chi connectivity index (χ2n) is 12.4. The minimum atomic E-state index is -3.67. The van der Waals surface area contributed by atoms with Crippen LogP contribution in [-0.2, 0) is 61.5 Å². The Hall–Kier alpha value is -2.74. The standard InChI is InChI=1S/C33H62N5O14P/c1-46-19-22-49-16-13-34-29(39)11-9-27(32(42)35-14-17-50-23-20-47-2)37-30(40)12-10-28(33(43)36-15-18-51-24-21-48-3)38-31(41)25-5-7-26(8-6-25)52-53(4,44)45/h25-28H,5-24H2,1-4H3,(H,34,39)(H,35,42)(H,36,43)(H,37,40)(H,38,41)(H,44,45). The van der Waals surface area contributed by atoms with Gasteiger partial charge in [-0.15, -0.1) is 0 Å². The lowest BCUT2D eigenvalue weighted by Crippen LogP contribution is -2.51. The number of hydrogen-bond acceptors (Lipinski definition) is 13. The Kier molecular flexibility index (Phi) is 27.0. The van der Waals surface area contributed by atoms with Crippen molar-refractivity contribution in [1.29, 1.82) is 0 Å². The zero-order valence-corrected chi connectivity index (χ0v) is 32.5. The second-order valence-corrected chi connectivity index (χ2v) is 14.2. The number of carbonyl (C=O) groups is 5. The van der Waals surface area contributed by atoms with Gasteiger partial charge in [0, 0.05) is 66.4 Å². The van der Waals surface area contributed by atoms with E-state index in [9.17, 15) is 33.4 Å². The van der Waals surface area contributed by atoms with Gasteiger partial charge in [0.25, 0.3) is 0 Å². The van der Waals surface area contributed by atoms with E-state index in [0.29, 0.717) is 65.3 Å². The molecule has 308 valence electrons. The van der Waals surface area contributed by atoms with Gasteiger partial charge in [0.1, 0.15) is 12.1 Å². The van der Waals surface area contributed by atoms with E-state index >= 15 is 0 Å². The summed E-state index contributed by atoms with van der Waals surface area (Å²) in [6, 6.07) is -2.14. The van der Waals surface area contributed by atoms with Gasteiger partial charge in [-0.2, -0.15) is 0 Å². The molecule has 1 saturated carbocycles. The van der Waals surface area contributed by atoms with Gasteiger partial charge >= 0.3 is 7.60 Å². The average molecular weight is 784 g/mol. The maximum absolute atomic E-state index is 13.2. The topological polar surface area (TPSA) is 247 Å². The summed E-state index contributed by atoms with van der Waals surface area (Å²) in [6.45, 7) is 4.67. The molecule has 0 aromatic rings. The van der Waals surface area contributed by atoms with Gasteiger partial charge in [-0.25, -0.2) is 0 Å². The Labute approximate surface area is 312 Å². The highest BCUT2D eigenvalue weighted by Gasteiger charge is 2.32. The molecule has 0 radical (unpaired) electrons. The normalized spacial score (nSPS) is 17.9. The molecule has 19 nitrogen and oxygen atoms in total. The lowest BCUT2D eigenvalue weighted by Gasteiger charge is -2.29. The van der Waals surface area contributed by atoms with Crippen molar-refractivity contribution in [1.82, 2.24) is 26.6 Å². The van der Waals surface area contributed by atoms with Gasteiger partial charge in [0.05, 0.1) is 65.6 Å². The predicted octanol–water partition coefficient (Wildman–Crippen LogP) is -0.755. The zero-order chi connectivity index (χ0) is 39.3. The molecule has 1 aliphatic rings. The van der Waals surface area contributed by atoms with E-state index in [2.05, 4.69) is 26.6 Å². The van der Waals surface area contributed by atoms with Gasteiger partial charge in [0.15, 0.2) is 0 Å². The molecule has 20 heteroatoms. The van der Waals surface area contributed by atoms with Crippen molar-refractivity contribution >= 4 is 37.1 Å². The molecule has 0 saturated heterocycles. The van der Waals surface area contributed by atoms with E-state index in [-0.39, 0.29) is 77.0 Å². The summed E-state index contributed by atoms with van der Waals surface area (Å²) < 4.78 is 47.7. The van der Waals surface area contributed by atoms with Crippen LogP contribution in [0.15, 0.2) is 0 Å². The lowest BCUT2D eigenvalue weighted by atomic mass is 9.86. The average Bonchev–Trinajstić information content (AvgIpc) is 3.12. The number of amides is 5. The SMILES string of the molecule is COCCOCCNC(=O)CCC(NC(=O)CCC(NC(=O)C1CCC(OP(C)(=O)O)CC1)C(=O)NCCOCCOC)C(=O)NCCOCCOC. The Morgan fingerprint density at radius 2 is 1.06 bits per heavy atom. The van der Waals surface area contributed by atoms with Crippen molar-refractivity contribution in [3.05, 3.63) is 0 Å². The fraction of sp³-hybridized carbons (Fsp3) is 0.848. The van der Waals surface area contributed by atoms with Crippen molar-refractivity contribution in [3.63, 3.8) is 0 Å². The monoisotopic (exact) mass is 783 g/mol. The van der Waals surface area contributed by atoms with E-state index < -0.39 is 49.4 Å². The van der Waals surface area contributed by atoms with Gasteiger partial charge in [-0.05, 0) is 38.5 Å². The molecule has 0 heterocycles. The summed E-state index contributed by atoms with van der Waals surface area (Å²) in [5.74, 6) is -2.77. The van der Waals surface area contributed by atoms with E-state index in [0.717, 1.165) is 6.66 Å². The number of ether oxygens (including phenoxy) is 6. The third-order valence-corrected chi connectivity index (χ3v) is 8.64. The molecule has 5 amide bonds. The first kappa shape index (κ1) is 48.3. The van der Waals surface area contributed by atoms with Crippen LogP contribution in [0.1, 0.15) is 51.4 Å². The molecular weight excluding hydrogens is 721 g/mol. The first-order valence-corrected chi connectivity index (χ1v) is 20.0. The number of methoxy groups -OCH3 is 3. The highest BCUT2D eigenvalue weighted by molar-refractivity contribution is 7.51. The summed E-state index contributed by atoms with van der Waals surface area (Å²) >= 11 is 0. The van der Waals surface area contributed by atoms with Crippen LogP contribution in [0.2, 0.25) is 0 Å². The largest absolute Gasteiger partial charge is 0.382 e. The third kappa shape index (κ3) is 25.1. The van der Waals surface area contributed by atoms with Crippen molar-refractivity contribution in [2.24, 2.45) is 5.92 Å². The molecule has 1 aliphatic carbocycles. The minimum Gasteiger partial charge on any atom is -0.382 e. The lowest BCUT2D eigenvalue weighted by molar-refractivity contribution is -0.133. The van der Waals surface area contributed by atoms with Crippen molar-refractivity contribution in [2.75, 3.05) is 107 Å². The predicted molar refractivity (Wildman–Crippen MR) is 192 cm³/mol. The smallest absolute Gasteiger partial charge is 0.325 e. The summed E-state index contributed by atoms with van der Waals surface area (Å²) in [5.41, 5.74) is 0. The molecule has 6 N–H and O–H groups in total. The molecule has 0 aromatic carbocycles. The van der Waals surface area contributed by atoms with Crippen molar-refractivity contribution in [2.45, 2.75) is 69.6 Å². The Balaban J connectivity index is 2.84. The molecule has 1 fully saturated rings. The first-order chi connectivity index (χ1) is 25.4. The molecule has 0 spiro atoms. The van der Waals surface area contributed by atoms with Crippen LogP contribution >= 0.6 is 7.60 Å². The summed E-state index contributed by atoms with van der Waals surface area (Å²) in [5, 5.41) is 13.5. The van der Waals surface area contributed by atoms with E-state index in [1.165, 1.54) is 0 Å². The maximum Gasteiger partial charge on any atom is 0.325 e. The summed E-state index contributed by atoms with van der Waals surface area (Å²) in [4.78, 5) is 74.7. The number of rotatable bonds is 31. The molecule has 0 aromatic heterocycles. The van der Waals surface area contributed by atoms with Crippen LogP contribution in [0.3, 0.4) is 0 Å². The minimum absolute atomic E-state index is 0.00164. The van der Waals surface area contributed by atoms with Gasteiger partial charge < -0.3 is 64.4 Å². The fourth-order valence-corrected chi connectivity index (χ4v) is 5.94. The quantitative estimate of drug-likeness (QED) is 0.0374. The van der Waals surface area contributed by atoms with Crippen LogP contribution < -0.4 is 26.6 Å². The fourth-order valence-electron chi connectivity index (χ4n) is 5.17. The van der Waals surface area contributed by atoms with Crippen LogP contribution in [0, 0.1) is 5.92 Å². The second kappa shape index (κ2) is 29.6. The first-order valence-electron chi connectivity index (χ1n) is 18.0. The van der Waals surface area contributed by atoms with Gasteiger partial charge in [-0.1, -0.05) is 0 Å². The number of carbonyl (C=O) groups excluding carboxylic acids is 5. The van der Waals surface area contributed by atoms with Crippen LogP contribution in [0.25, 0.3) is 0 Å². The third-order valence-electron chi connectivity index (χ3n) is 7.95. The Bertz CT molecular complexity index is 1110. The van der Waals surface area contributed by atoms with Crippen LogP contribution in [0.5, 0.6) is 0 Å². The molecule has 3 atom stereocenters. The van der Waals surface area contributed by atoms with Crippen molar-refractivity contribution in [3.8, 4) is 0 Å². The Morgan fingerprint density at radius 3 is 1.51 bits per heavy atom. The maximum atomic E-state index is 13.2. The molecule has 53 heavy (non-hydrogen) atoms. The van der Waals surface area contributed by atoms with Crippen LogP contribution in [-0.4, -0.2) is 160 Å². The van der Waals surface area contributed by atoms with Gasteiger partial charge in [0.2, 0.25) is 29.5 Å².